The van der Waals surface area contributed by atoms with Crippen LogP contribution in [0.15, 0.2) is 12.3 Å². The van der Waals surface area contributed by atoms with Crippen molar-refractivity contribution in [3.05, 3.63) is 12.3 Å². The molecule has 0 aliphatic carbocycles. The van der Waals surface area contributed by atoms with Gasteiger partial charge in [-0.1, -0.05) is 0 Å². The fourth-order valence-electron chi connectivity index (χ4n) is 0.574. The normalized spacial score (nSPS) is 13.4. The highest BCUT2D eigenvalue weighted by atomic mass is 15.3. The lowest BCUT2D eigenvalue weighted by molar-refractivity contribution is -0.817. The van der Waals surface area contributed by atoms with E-state index in [0.717, 1.165) is 11.0 Å². The molecule has 0 amide bonds. The van der Waals surface area contributed by atoms with Crippen LogP contribution in [0, 0.1) is 0 Å². The zero-order valence-electron chi connectivity index (χ0n) is 7.76. The lowest BCUT2D eigenvalue weighted by Gasteiger charge is -2.17. The van der Waals surface area contributed by atoms with E-state index in [1.807, 2.05) is 0 Å². The van der Waals surface area contributed by atoms with E-state index in [2.05, 4.69) is 52.4 Å². The van der Waals surface area contributed by atoms with E-state index in [-0.39, 0.29) is 0 Å². The number of likely N-dealkylation sites (N-methyl/N-ethyl adjacent to an activating group) is 1. The average molecular weight is 143 g/mol. The fraction of sp³-hybridized carbons (Fsp3) is 0.750. The molecular formula is C8H19N2+. The van der Waals surface area contributed by atoms with Crippen LogP contribution in [0.5, 0.6) is 0 Å². The van der Waals surface area contributed by atoms with Gasteiger partial charge in [0.05, 0.1) is 27.3 Å². The Hall–Kier alpha value is -0.340. The number of nitrogens with zero attached hydrogens (tertiary/aromatic N) is 2. The van der Waals surface area contributed by atoms with Crippen molar-refractivity contribution in [1.82, 2.24) is 4.90 Å². The maximum Gasteiger partial charge on any atom is 0.0924 e. The number of hydrogen-bond acceptors (Lipinski definition) is 1. The largest absolute Gasteiger partial charge is 0.306 e. The monoisotopic (exact) mass is 143 g/mol. The predicted octanol–water partition coefficient (Wildman–Crippen LogP) is 0.768. The minimum Gasteiger partial charge on any atom is -0.306 e. The second-order valence-electron chi connectivity index (χ2n) is 3.76. The molecule has 2 heteroatoms. The first kappa shape index (κ1) is 9.66. The molecule has 60 valence electrons. The molecule has 0 radical (unpaired) electrons. The lowest BCUT2D eigenvalue weighted by atomic mass is 10.5. The number of hydrogen-bond donors (Lipinski definition) is 0. The summed E-state index contributed by atoms with van der Waals surface area (Å²) in [5, 5.41) is 0. The van der Waals surface area contributed by atoms with Gasteiger partial charge < -0.3 is 9.38 Å². The Kier molecular flexibility index (Phi) is 3.61. The predicted molar refractivity (Wildman–Crippen MR) is 45.7 cm³/mol. The molecule has 0 spiro atoms. The number of quaternary nitrogens is 1. The van der Waals surface area contributed by atoms with Crippen LogP contribution in [0.3, 0.4) is 0 Å². The Morgan fingerprint density at radius 3 is 2.00 bits per heavy atom. The molecular weight excluding hydrogens is 124 g/mol. The van der Waals surface area contributed by atoms with Gasteiger partial charge in [-0.3, -0.25) is 0 Å². The summed E-state index contributed by atoms with van der Waals surface area (Å²) in [6.45, 7) is 1.02. The van der Waals surface area contributed by atoms with Crippen LogP contribution in [0.2, 0.25) is 0 Å². The molecule has 0 N–H and O–H groups in total. The van der Waals surface area contributed by atoms with Crippen LogP contribution < -0.4 is 0 Å². The Bertz CT molecular complexity index is 109. The van der Waals surface area contributed by atoms with Gasteiger partial charge in [-0.25, -0.2) is 0 Å². The lowest BCUT2D eigenvalue weighted by Crippen LogP contribution is -2.27. The van der Waals surface area contributed by atoms with Crippen LogP contribution in [0.4, 0.5) is 0 Å². The highest BCUT2D eigenvalue weighted by Gasteiger charge is 1.98. The third-order valence-electron chi connectivity index (χ3n) is 1.02. The highest BCUT2D eigenvalue weighted by Crippen LogP contribution is 1.90. The molecule has 2 nitrogen and oxygen atoms in total. The minimum atomic E-state index is 0.897. The molecule has 0 aromatic heterocycles. The molecule has 0 aliphatic rings. The molecule has 0 fully saturated rings. The molecule has 10 heavy (non-hydrogen) atoms. The van der Waals surface area contributed by atoms with Crippen molar-refractivity contribution in [1.29, 1.82) is 0 Å². The van der Waals surface area contributed by atoms with E-state index >= 15 is 0 Å². The molecule has 0 unspecified atom stereocenters. The van der Waals surface area contributed by atoms with Crippen LogP contribution in [-0.4, -0.2) is 51.2 Å². The molecule has 0 aliphatic heterocycles. The van der Waals surface area contributed by atoms with Crippen LogP contribution >= 0.6 is 0 Å². The fourth-order valence-corrected chi connectivity index (χ4v) is 0.574. The molecule has 0 atom stereocenters. The Morgan fingerprint density at radius 1 is 1.20 bits per heavy atom. The van der Waals surface area contributed by atoms with Gasteiger partial charge in [0.25, 0.3) is 0 Å². The Morgan fingerprint density at radius 2 is 1.70 bits per heavy atom. The van der Waals surface area contributed by atoms with Gasteiger partial charge in [0, 0.05) is 6.54 Å². The molecule has 0 heterocycles. The van der Waals surface area contributed by atoms with Gasteiger partial charge in [0.1, 0.15) is 0 Å². The van der Waals surface area contributed by atoms with Crippen molar-refractivity contribution < 1.29 is 4.48 Å². The van der Waals surface area contributed by atoms with Crippen LogP contribution in [0.1, 0.15) is 0 Å². The van der Waals surface area contributed by atoms with E-state index in [1.54, 1.807) is 0 Å². The summed E-state index contributed by atoms with van der Waals surface area (Å²) in [5.74, 6) is 0. The first-order chi connectivity index (χ1) is 4.42. The van der Waals surface area contributed by atoms with Crippen LogP contribution in [0.25, 0.3) is 0 Å². The van der Waals surface area contributed by atoms with E-state index in [4.69, 9.17) is 0 Å². The second-order valence-corrected chi connectivity index (χ2v) is 3.76. The average Bonchev–Trinajstić information content (AvgIpc) is 1.59. The zero-order chi connectivity index (χ0) is 8.20. The first-order valence-corrected chi connectivity index (χ1v) is 3.55. The zero-order valence-corrected chi connectivity index (χ0v) is 7.76. The van der Waals surface area contributed by atoms with Gasteiger partial charge in [0.2, 0.25) is 0 Å². The van der Waals surface area contributed by atoms with E-state index in [1.165, 1.54) is 0 Å². The second kappa shape index (κ2) is 3.74. The third kappa shape index (κ3) is 7.66. The summed E-state index contributed by atoms with van der Waals surface area (Å²) in [4.78, 5) is 2.14. The SMILES string of the molecule is CN(C)CC=C[N+](C)(C)C. The molecule has 0 aromatic carbocycles. The molecule has 0 saturated heterocycles. The van der Waals surface area contributed by atoms with Crippen molar-refractivity contribution in [2.75, 3.05) is 41.8 Å². The number of rotatable bonds is 3. The third-order valence-corrected chi connectivity index (χ3v) is 1.02. The summed E-state index contributed by atoms with van der Waals surface area (Å²) >= 11 is 0. The minimum absolute atomic E-state index is 0.897. The molecule has 0 bridgehead atoms. The van der Waals surface area contributed by atoms with Crippen molar-refractivity contribution >= 4 is 0 Å². The Labute approximate surface area is 64.3 Å². The Balaban J connectivity index is 3.57. The van der Waals surface area contributed by atoms with Gasteiger partial charge in [-0.2, -0.15) is 0 Å². The first-order valence-electron chi connectivity index (χ1n) is 3.55. The maximum atomic E-state index is 2.18. The topological polar surface area (TPSA) is 3.24 Å². The van der Waals surface area contributed by atoms with Gasteiger partial charge in [-0.15, -0.1) is 0 Å². The smallest absolute Gasteiger partial charge is 0.0924 e. The maximum absolute atomic E-state index is 2.18. The summed E-state index contributed by atoms with van der Waals surface area (Å²) < 4.78 is 0.897. The van der Waals surface area contributed by atoms with Crippen molar-refractivity contribution in [3.63, 3.8) is 0 Å². The van der Waals surface area contributed by atoms with E-state index < -0.39 is 0 Å². The highest BCUT2D eigenvalue weighted by molar-refractivity contribution is 4.75. The molecule has 0 rings (SSSR count). The van der Waals surface area contributed by atoms with Crippen molar-refractivity contribution in [2.45, 2.75) is 0 Å². The van der Waals surface area contributed by atoms with Crippen LogP contribution in [-0.2, 0) is 0 Å². The molecule has 0 saturated carbocycles. The standard InChI is InChI=1S/C8H19N2/c1-9(2)7-6-8-10(3,4)5/h6,8H,7H2,1-5H3/q+1. The van der Waals surface area contributed by atoms with E-state index in [9.17, 15) is 0 Å². The van der Waals surface area contributed by atoms with Crippen molar-refractivity contribution in [3.8, 4) is 0 Å². The van der Waals surface area contributed by atoms with E-state index in [0.29, 0.717) is 0 Å². The van der Waals surface area contributed by atoms with Gasteiger partial charge in [-0.05, 0) is 20.2 Å². The summed E-state index contributed by atoms with van der Waals surface area (Å²) in [6, 6.07) is 0. The summed E-state index contributed by atoms with van der Waals surface area (Å²) in [5.41, 5.74) is 0. The van der Waals surface area contributed by atoms with Crippen molar-refractivity contribution in [2.24, 2.45) is 0 Å². The summed E-state index contributed by atoms with van der Waals surface area (Å²) in [6.07, 6.45) is 4.36. The van der Waals surface area contributed by atoms with Gasteiger partial charge in [0.15, 0.2) is 0 Å². The quantitative estimate of drug-likeness (QED) is 0.527. The summed E-state index contributed by atoms with van der Waals surface area (Å²) in [7, 11) is 10.6. The van der Waals surface area contributed by atoms with Gasteiger partial charge >= 0.3 is 0 Å². The molecule has 0 aromatic rings.